The Hall–Kier alpha value is -3.43. The molecule has 2 aromatic heterocycles. The number of hydrogen-bond acceptors (Lipinski definition) is 5. The van der Waals surface area contributed by atoms with Crippen molar-refractivity contribution >= 4 is 22.8 Å². The molecule has 180 valence electrons. The number of aromatic nitrogens is 3. The number of carbonyl (C=O) groups excluding carboxylic acids is 1. The largest absolute Gasteiger partial charge is 0.363 e. The minimum atomic E-state index is -2.94. The third-order valence-corrected chi connectivity index (χ3v) is 6.17. The molecule has 1 N–H and O–H groups in total. The summed E-state index contributed by atoms with van der Waals surface area (Å²) in [6.07, 6.45) is -0.125. The SMILES string of the molecule is Cc1nc(N[C@H](C)c2cccc(C(F)F)c2F)c2cc(C(=O)N3CCCCC3)c(=O)n(C)c2n1. The number of likely N-dealkylation sites (tertiary alicyclic amines) is 1. The van der Waals surface area contributed by atoms with Crippen molar-refractivity contribution < 1.29 is 18.0 Å². The van der Waals surface area contributed by atoms with E-state index in [9.17, 15) is 22.8 Å². The average molecular weight is 473 g/mol. The fraction of sp³-hybridized carbons (Fsp3) is 0.417. The Labute approximate surface area is 194 Å². The molecule has 7 nitrogen and oxygen atoms in total. The summed E-state index contributed by atoms with van der Waals surface area (Å²) in [7, 11) is 1.53. The van der Waals surface area contributed by atoms with Crippen molar-refractivity contribution in [2.75, 3.05) is 18.4 Å². The number of benzene rings is 1. The molecule has 4 rings (SSSR count). The lowest BCUT2D eigenvalue weighted by molar-refractivity contribution is 0.0722. The summed E-state index contributed by atoms with van der Waals surface area (Å²) in [6, 6.07) is 4.59. The molecule has 3 heterocycles. The molecule has 1 atom stereocenters. The van der Waals surface area contributed by atoms with Crippen LogP contribution in [0.2, 0.25) is 0 Å². The highest BCUT2D eigenvalue weighted by Crippen LogP contribution is 2.30. The smallest absolute Gasteiger partial charge is 0.266 e. The van der Waals surface area contributed by atoms with E-state index in [2.05, 4.69) is 15.3 Å². The second kappa shape index (κ2) is 9.44. The molecule has 0 unspecified atom stereocenters. The average Bonchev–Trinajstić information content (AvgIpc) is 2.81. The summed E-state index contributed by atoms with van der Waals surface area (Å²) < 4.78 is 42.3. The number of rotatable bonds is 5. The number of carbonyl (C=O) groups is 1. The summed E-state index contributed by atoms with van der Waals surface area (Å²) in [5.74, 6) is -0.701. The third kappa shape index (κ3) is 4.36. The first kappa shape index (κ1) is 23.7. The van der Waals surface area contributed by atoms with E-state index in [-0.39, 0.29) is 22.9 Å². The number of amides is 1. The van der Waals surface area contributed by atoms with Crippen LogP contribution in [-0.2, 0) is 7.05 Å². The monoisotopic (exact) mass is 473 g/mol. The highest BCUT2D eigenvalue weighted by molar-refractivity contribution is 5.99. The maximum Gasteiger partial charge on any atom is 0.266 e. The lowest BCUT2D eigenvalue weighted by Gasteiger charge is -2.26. The highest BCUT2D eigenvalue weighted by atomic mass is 19.3. The van der Waals surface area contributed by atoms with Gasteiger partial charge in [0.1, 0.15) is 28.7 Å². The first-order valence-electron chi connectivity index (χ1n) is 11.2. The van der Waals surface area contributed by atoms with E-state index in [0.29, 0.717) is 29.9 Å². The van der Waals surface area contributed by atoms with E-state index in [1.807, 2.05) is 0 Å². The molecule has 1 amide bonds. The van der Waals surface area contributed by atoms with Crippen molar-refractivity contribution in [3.05, 3.63) is 63.0 Å². The van der Waals surface area contributed by atoms with Crippen LogP contribution in [0.1, 0.15) is 66.0 Å². The van der Waals surface area contributed by atoms with Crippen molar-refractivity contribution in [2.45, 2.75) is 45.6 Å². The molecule has 0 radical (unpaired) electrons. The second-order valence-corrected chi connectivity index (χ2v) is 8.55. The molecule has 0 bridgehead atoms. The maximum atomic E-state index is 14.7. The van der Waals surface area contributed by atoms with Gasteiger partial charge >= 0.3 is 0 Å². The summed E-state index contributed by atoms with van der Waals surface area (Å²) in [5.41, 5.74) is -0.769. The molecule has 10 heteroatoms. The molecule has 1 fully saturated rings. The second-order valence-electron chi connectivity index (χ2n) is 8.55. The zero-order valence-electron chi connectivity index (χ0n) is 19.2. The molecular formula is C24H26F3N5O2. The van der Waals surface area contributed by atoms with Gasteiger partial charge in [-0.1, -0.05) is 18.2 Å². The van der Waals surface area contributed by atoms with Gasteiger partial charge in [0.25, 0.3) is 17.9 Å². The van der Waals surface area contributed by atoms with Gasteiger partial charge in [0.05, 0.1) is 17.0 Å². The molecule has 0 aliphatic carbocycles. The first-order chi connectivity index (χ1) is 16.2. The van der Waals surface area contributed by atoms with Gasteiger partial charge in [0.2, 0.25) is 0 Å². The van der Waals surface area contributed by atoms with Crippen LogP contribution in [0.4, 0.5) is 19.0 Å². The number of nitrogens with zero attached hydrogens (tertiary/aromatic N) is 4. The van der Waals surface area contributed by atoms with Gasteiger partial charge in [-0.05, 0) is 39.2 Å². The Morgan fingerprint density at radius 1 is 1.12 bits per heavy atom. The number of hydrogen-bond donors (Lipinski definition) is 1. The Morgan fingerprint density at radius 2 is 1.79 bits per heavy atom. The third-order valence-electron chi connectivity index (χ3n) is 6.17. The van der Waals surface area contributed by atoms with Crippen LogP contribution in [0.3, 0.4) is 0 Å². The van der Waals surface area contributed by atoms with E-state index in [0.717, 1.165) is 25.3 Å². The Bertz CT molecular complexity index is 1300. The van der Waals surface area contributed by atoms with E-state index < -0.39 is 29.4 Å². The molecule has 1 saturated heterocycles. The standard InChI is InChI=1S/C24H26F3N5O2/c1-13(15-8-7-9-16(19(15)25)20(26)27)28-21-17-12-18(24(34)32-10-5-4-6-11-32)23(33)31(3)22(17)30-14(2)29-21/h7-9,12-13,20H,4-6,10-11H2,1-3H3,(H,28,29,30)/t13-/m1/s1. The fourth-order valence-electron chi connectivity index (χ4n) is 4.32. The van der Waals surface area contributed by atoms with Crippen LogP contribution in [0.15, 0.2) is 29.1 Å². The van der Waals surface area contributed by atoms with E-state index in [1.165, 1.54) is 29.8 Å². The summed E-state index contributed by atoms with van der Waals surface area (Å²) in [5, 5.41) is 3.47. The molecule has 34 heavy (non-hydrogen) atoms. The number of anilines is 1. The molecule has 3 aromatic rings. The van der Waals surface area contributed by atoms with E-state index in [1.54, 1.807) is 18.7 Å². The van der Waals surface area contributed by atoms with Gasteiger partial charge < -0.3 is 10.2 Å². The van der Waals surface area contributed by atoms with Crippen molar-refractivity contribution in [1.82, 2.24) is 19.4 Å². The van der Waals surface area contributed by atoms with Crippen molar-refractivity contribution in [1.29, 1.82) is 0 Å². The lowest BCUT2D eigenvalue weighted by Crippen LogP contribution is -2.39. The molecule has 0 saturated carbocycles. The number of piperidine rings is 1. The zero-order valence-corrected chi connectivity index (χ0v) is 19.2. The van der Waals surface area contributed by atoms with E-state index in [4.69, 9.17) is 0 Å². The predicted octanol–water partition coefficient (Wildman–Crippen LogP) is 4.51. The fourth-order valence-corrected chi connectivity index (χ4v) is 4.32. The first-order valence-corrected chi connectivity index (χ1v) is 11.2. The van der Waals surface area contributed by atoms with Crippen LogP contribution < -0.4 is 10.9 Å². The molecule has 1 aliphatic rings. The van der Waals surface area contributed by atoms with Crippen LogP contribution in [0.25, 0.3) is 11.0 Å². The predicted molar refractivity (Wildman–Crippen MR) is 123 cm³/mol. The van der Waals surface area contributed by atoms with Gasteiger partial charge in [0, 0.05) is 25.7 Å². The number of aryl methyl sites for hydroxylation is 2. The van der Waals surface area contributed by atoms with Crippen LogP contribution >= 0.6 is 0 Å². The number of pyridine rings is 1. The number of nitrogens with one attached hydrogen (secondary N) is 1. The van der Waals surface area contributed by atoms with Gasteiger partial charge in [-0.25, -0.2) is 23.1 Å². The quantitative estimate of drug-likeness (QED) is 0.590. The Kier molecular flexibility index (Phi) is 6.58. The summed E-state index contributed by atoms with van der Waals surface area (Å²) in [4.78, 5) is 36.5. The van der Waals surface area contributed by atoms with Crippen LogP contribution in [0, 0.1) is 12.7 Å². The Morgan fingerprint density at radius 3 is 2.47 bits per heavy atom. The van der Waals surface area contributed by atoms with Crippen molar-refractivity contribution in [3.63, 3.8) is 0 Å². The van der Waals surface area contributed by atoms with Gasteiger partial charge in [-0.2, -0.15) is 0 Å². The highest BCUT2D eigenvalue weighted by Gasteiger charge is 2.25. The number of alkyl halides is 2. The van der Waals surface area contributed by atoms with Gasteiger partial charge in [0.15, 0.2) is 0 Å². The van der Waals surface area contributed by atoms with Crippen molar-refractivity contribution in [2.24, 2.45) is 7.05 Å². The van der Waals surface area contributed by atoms with Crippen LogP contribution in [0.5, 0.6) is 0 Å². The van der Waals surface area contributed by atoms with Gasteiger partial charge in [-0.15, -0.1) is 0 Å². The molecule has 1 aliphatic heterocycles. The molecular weight excluding hydrogens is 447 g/mol. The number of halogens is 3. The zero-order chi connectivity index (χ0) is 24.6. The summed E-state index contributed by atoms with van der Waals surface area (Å²) >= 11 is 0. The minimum absolute atomic E-state index is 0.00549. The Balaban J connectivity index is 1.79. The maximum absolute atomic E-state index is 14.7. The van der Waals surface area contributed by atoms with Crippen molar-refractivity contribution in [3.8, 4) is 0 Å². The molecule has 0 spiro atoms. The lowest BCUT2D eigenvalue weighted by atomic mass is 10.0. The van der Waals surface area contributed by atoms with E-state index >= 15 is 0 Å². The van der Waals surface area contributed by atoms with Crippen LogP contribution in [-0.4, -0.2) is 38.4 Å². The normalized spacial score (nSPS) is 15.1. The minimum Gasteiger partial charge on any atom is -0.363 e. The van der Waals surface area contributed by atoms with Gasteiger partial charge in [-0.3, -0.25) is 14.2 Å². The summed E-state index contributed by atoms with van der Waals surface area (Å²) in [6.45, 7) is 4.45. The molecule has 1 aromatic carbocycles. The topological polar surface area (TPSA) is 80.1 Å². The number of fused-ring (bicyclic) bond motifs is 1.